The van der Waals surface area contributed by atoms with Crippen molar-refractivity contribution in [3.63, 3.8) is 0 Å². The summed E-state index contributed by atoms with van der Waals surface area (Å²) in [5, 5.41) is 13.2. The molecule has 0 amide bonds. The molecule has 6 heteroatoms. The molecule has 1 aliphatic rings. The van der Waals surface area contributed by atoms with Gasteiger partial charge >= 0.3 is 0 Å². The molecule has 2 aromatic carbocycles. The molecular formula is C24H21N5O. The summed E-state index contributed by atoms with van der Waals surface area (Å²) in [6.07, 6.45) is 4.24. The summed E-state index contributed by atoms with van der Waals surface area (Å²) in [4.78, 5) is 13.8. The number of H-pyrrole nitrogens is 1. The zero-order valence-corrected chi connectivity index (χ0v) is 16.9. The molecule has 5 aromatic rings. The molecular weight excluding hydrogens is 374 g/mol. The van der Waals surface area contributed by atoms with E-state index in [4.69, 9.17) is 0 Å². The van der Waals surface area contributed by atoms with E-state index in [1.165, 1.54) is 0 Å². The third-order valence-electron chi connectivity index (χ3n) is 5.94. The lowest BCUT2D eigenvalue weighted by Gasteiger charge is -2.12. The summed E-state index contributed by atoms with van der Waals surface area (Å²) < 4.78 is 3.62. The second kappa shape index (κ2) is 6.16. The number of nitrogens with zero attached hydrogens (tertiary/aromatic N) is 4. The lowest BCUT2D eigenvalue weighted by atomic mass is 10.0. The van der Waals surface area contributed by atoms with Crippen LogP contribution in [-0.2, 0) is 7.05 Å². The first-order valence-corrected chi connectivity index (χ1v) is 10.2. The zero-order chi connectivity index (χ0) is 20.4. The maximum absolute atomic E-state index is 13.8. The summed E-state index contributed by atoms with van der Waals surface area (Å²) in [5.41, 5.74) is 7.21. The fourth-order valence-corrected chi connectivity index (χ4v) is 4.24. The van der Waals surface area contributed by atoms with E-state index < -0.39 is 0 Å². The van der Waals surface area contributed by atoms with Crippen molar-refractivity contribution in [1.82, 2.24) is 24.5 Å². The third-order valence-corrected chi connectivity index (χ3v) is 5.94. The van der Waals surface area contributed by atoms with Gasteiger partial charge in [0.15, 0.2) is 0 Å². The predicted octanol–water partition coefficient (Wildman–Crippen LogP) is 4.45. The van der Waals surface area contributed by atoms with Crippen molar-refractivity contribution in [2.75, 3.05) is 0 Å². The number of pyridine rings is 1. The Kier molecular flexibility index (Phi) is 3.53. The van der Waals surface area contributed by atoms with E-state index in [-0.39, 0.29) is 5.56 Å². The summed E-state index contributed by atoms with van der Waals surface area (Å²) in [6, 6.07) is 16.0. The molecule has 1 N–H and O–H groups in total. The van der Waals surface area contributed by atoms with Gasteiger partial charge in [0.2, 0.25) is 0 Å². The number of fused-ring (bicyclic) bond motifs is 2. The number of nitrogens with one attached hydrogen (secondary N) is 1. The SMILES string of the molecule is Cc1ccc(-n2c(=O)c(-c3ccc4nn(C)cc4c3)cc3n[nH]c(C4CC4)c32)cc1. The Morgan fingerprint density at radius 3 is 2.60 bits per heavy atom. The Labute approximate surface area is 172 Å². The Morgan fingerprint density at radius 1 is 1.03 bits per heavy atom. The van der Waals surface area contributed by atoms with Crippen LogP contribution in [0.2, 0.25) is 0 Å². The third kappa shape index (κ3) is 2.60. The number of aromatic amines is 1. The number of hydrogen-bond donors (Lipinski definition) is 1. The van der Waals surface area contributed by atoms with Gasteiger partial charge in [0.05, 0.1) is 16.7 Å². The number of hydrogen-bond acceptors (Lipinski definition) is 3. The molecule has 0 spiro atoms. The maximum Gasteiger partial charge on any atom is 0.263 e. The summed E-state index contributed by atoms with van der Waals surface area (Å²) in [7, 11) is 1.90. The van der Waals surface area contributed by atoms with Gasteiger partial charge in [-0.2, -0.15) is 10.2 Å². The minimum absolute atomic E-state index is 0.0297. The quantitative estimate of drug-likeness (QED) is 0.491. The monoisotopic (exact) mass is 395 g/mol. The van der Waals surface area contributed by atoms with Gasteiger partial charge in [-0.15, -0.1) is 0 Å². The van der Waals surface area contributed by atoms with Crippen molar-refractivity contribution in [3.05, 3.63) is 76.3 Å². The van der Waals surface area contributed by atoms with E-state index in [1.54, 1.807) is 4.68 Å². The maximum atomic E-state index is 13.8. The Bertz CT molecular complexity index is 1480. The molecule has 6 rings (SSSR count). The molecule has 0 unspecified atom stereocenters. The fourth-order valence-electron chi connectivity index (χ4n) is 4.24. The van der Waals surface area contributed by atoms with Crippen molar-refractivity contribution in [3.8, 4) is 16.8 Å². The largest absolute Gasteiger partial charge is 0.279 e. The Balaban J connectivity index is 1.66. The molecule has 1 saturated carbocycles. The minimum Gasteiger partial charge on any atom is -0.279 e. The van der Waals surface area contributed by atoms with Crippen LogP contribution < -0.4 is 5.56 Å². The lowest BCUT2D eigenvalue weighted by molar-refractivity contribution is 0.780. The van der Waals surface area contributed by atoms with E-state index in [2.05, 4.69) is 22.2 Å². The molecule has 0 atom stereocenters. The average Bonchev–Trinajstić information content (AvgIpc) is 3.38. The van der Waals surface area contributed by atoms with Crippen LogP contribution >= 0.6 is 0 Å². The van der Waals surface area contributed by atoms with Crippen LogP contribution in [-0.4, -0.2) is 24.5 Å². The van der Waals surface area contributed by atoms with Crippen LogP contribution in [0.1, 0.15) is 30.0 Å². The van der Waals surface area contributed by atoms with Crippen molar-refractivity contribution >= 4 is 21.9 Å². The van der Waals surface area contributed by atoms with Gasteiger partial charge < -0.3 is 0 Å². The molecule has 0 bridgehead atoms. The summed E-state index contributed by atoms with van der Waals surface area (Å²) >= 11 is 0. The molecule has 0 radical (unpaired) electrons. The van der Waals surface area contributed by atoms with Gasteiger partial charge in [-0.1, -0.05) is 23.8 Å². The Morgan fingerprint density at radius 2 is 1.83 bits per heavy atom. The fraction of sp³-hybridized carbons (Fsp3) is 0.208. The van der Waals surface area contributed by atoms with Gasteiger partial charge in [0, 0.05) is 35.8 Å². The number of aromatic nitrogens is 5. The first kappa shape index (κ1) is 17.2. The zero-order valence-electron chi connectivity index (χ0n) is 16.9. The van der Waals surface area contributed by atoms with Gasteiger partial charge in [-0.3, -0.25) is 19.1 Å². The number of aryl methyl sites for hydroxylation is 2. The van der Waals surface area contributed by atoms with Crippen LogP contribution in [0.15, 0.2) is 59.5 Å². The smallest absolute Gasteiger partial charge is 0.263 e. The van der Waals surface area contributed by atoms with Crippen molar-refractivity contribution in [1.29, 1.82) is 0 Å². The van der Waals surface area contributed by atoms with Gasteiger partial charge in [-0.05, 0) is 55.7 Å². The first-order chi connectivity index (χ1) is 14.6. The molecule has 1 fully saturated rings. The van der Waals surface area contributed by atoms with E-state index in [1.807, 2.05) is 66.3 Å². The van der Waals surface area contributed by atoms with E-state index in [0.29, 0.717) is 11.5 Å². The highest BCUT2D eigenvalue weighted by atomic mass is 16.1. The molecule has 0 aliphatic heterocycles. The summed E-state index contributed by atoms with van der Waals surface area (Å²) in [5.74, 6) is 0.462. The van der Waals surface area contributed by atoms with Crippen LogP contribution in [0.4, 0.5) is 0 Å². The molecule has 30 heavy (non-hydrogen) atoms. The molecule has 148 valence electrons. The Hall–Kier alpha value is -3.67. The highest BCUT2D eigenvalue weighted by molar-refractivity contribution is 5.88. The summed E-state index contributed by atoms with van der Waals surface area (Å²) in [6.45, 7) is 2.05. The van der Waals surface area contributed by atoms with Gasteiger partial charge in [0.1, 0.15) is 5.52 Å². The van der Waals surface area contributed by atoms with Gasteiger partial charge in [-0.25, -0.2) is 0 Å². The van der Waals surface area contributed by atoms with Crippen LogP contribution in [0.5, 0.6) is 0 Å². The minimum atomic E-state index is -0.0297. The standard InChI is InChI=1S/C24H21N5O/c1-14-3-8-18(9-4-14)29-23-21(25-26-22(23)15-5-6-15)12-19(24(29)30)16-7-10-20-17(11-16)13-28(2)27-20/h3-4,7-13,15H,5-6H2,1-2H3,(H,25,26). The van der Waals surface area contributed by atoms with Crippen molar-refractivity contribution in [2.45, 2.75) is 25.7 Å². The van der Waals surface area contributed by atoms with E-state index in [9.17, 15) is 4.79 Å². The molecule has 3 heterocycles. The van der Waals surface area contributed by atoms with Crippen LogP contribution in [0.25, 0.3) is 38.8 Å². The normalized spacial score (nSPS) is 14.1. The number of rotatable bonds is 3. The molecule has 3 aromatic heterocycles. The highest BCUT2D eigenvalue weighted by Gasteiger charge is 2.30. The van der Waals surface area contributed by atoms with Gasteiger partial charge in [0.25, 0.3) is 5.56 Å². The highest BCUT2D eigenvalue weighted by Crippen LogP contribution is 2.42. The van der Waals surface area contributed by atoms with Crippen LogP contribution in [0.3, 0.4) is 0 Å². The van der Waals surface area contributed by atoms with Crippen LogP contribution in [0, 0.1) is 6.92 Å². The van der Waals surface area contributed by atoms with Crippen molar-refractivity contribution in [2.24, 2.45) is 7.05 Å². The van der Waals surface area contributed by atoms with E-state index in [0.717, 1.165) is 57.3 Å². The number of benzene rings is 2. The first-order valence-electron chi connectivity index (χ1n) is 10.2. The second-order valence-corrected chi connectivity index (χ2v) is 8.26. The molecule has 1 aliphatic carbocycles. The molecule has 6 nitrogen and oxygen atoms in total. The molecule has 0 saturated heterocycles. The van der Waals surface area contributed by atoms with E-state index >= 15 is 0 Å². The average molecular weight is 395 g/mol. The van der Waals surface area contributed by atoms with Crippen molar-refractivity contribution < 1.29 is 0 Å². The topological polar surface area (TPSA) is 68.5 Å². The lowest BCUT2D eigenvalue weighted by Crippen LogP contribution is -2.21. The predicted molar refractivity (Wildman–Crippen MR) is 118 cm³/mol. The second-order valence-electron chi connectivity index (χ2n) is 8.26.